The van der Waals surface area contributed by atoms with Gasteiger partial charge in [-0.2, -0.15) is 0 Å². The van der Waals surface area contributed by atoms with Crippen LogP contribution in [0.3, 0.4) is 0 Å². The number of benzene rings is 2. The Morgan fingerprint density at radius 2 is 0.758 bits per heavy atom. The number of phenols is 2. The van der Waals surface area contributed by atoms with E-state index in [-0.39, 0.29) is 19.5 Å². The van der Waals surface area contributed by atoms with Gasteiger partial charge in [-0.25, -0.2) is 0 Å². The van der Waals surface area contributed by atoms with Gasteiger partial charge in [0.2, 0.25) is 0 Å². The van der Waals surface area contributed by atoms with Crippen LogP contribution in [-0.2, 0) is 32.3 Å². The second-order valence-corrected chi connectivity index (χ2v) is 9.00. The van der Waals surface area contributed by atoms with Gasteiger partial charge in [-0.05, 0) is 48.9 Å². The summed E-state index contributed by atoms with van der Waals surface area (Å²) >= 11 is 0. The summed E-state index contributed by atoms with van der Waals surface area (Å²) in [5.41, 5.74) is 2.19. The fraction of sp³-hybridized carbons (Fsp3) is 0.600. The molecule has 0 radical (unpaired) electrons. The summed E-state index contributed by atoms with van der Waals surface area (Å²) < 4.78 is 0. The Morgan fingerprint density at radius 3 is 1.09 bits per heavy atom. The van der Waals surface area contributed by atoms with Crippen molar-refractivity contribution in [2.24, 2.45) is 0 Å². The standard InChI is InChI=1S/2C15H24O.Ru/c2*1-2-3-4-5-6-7-8-11-14-12-9-10-13-15(14)16;/h2*9-10,12-13,16H,2-8,11H2,1H3;. The van der Waals surface area contributed by atoms with Crippen molar-refractivity contribution < 1.29 is 29.7 Å². The minimum absolute atomic E-state index is 0. The first kappa shape index (κ1) is 31.7. The molecule has 2 nitrogen and oxygen atoms in total. The van der Waals surface area contributed by atoms with E-state index in [2.05, 4.69) is 13.8 Å². The van der Waals surface area contributed by atoms with Crippen LogP contribution in [-0.4, -0.2) is 10.2 Å². The molecule has 0 atom stereocenters. The second-order valence-electron chi connectivity index (χ2n) is 9.00. The van der Waals surface area contributed by atoms with Crippen molar-refractivity contribution in [2.75, 3.05) is 0 Å². The molecular weight excluding hydrogens is 493 g/mol. The summed E-state index contributed by atoms with van der Waals surface area (Å²) in [5.74, 6) is 0.905. The molecule has 0 saturated heterocycles. The monoisotopic (exact) mass is 542 g/mol. The number of para-hydroxylation sites is 2. The number of phenolic OH excluding ortho intramolecular Hbond substituents is 2. The van der Waals surface area contributed by atoms with Crippen molar-refractivity contribution >= 4 is 0 Å². The molecule has 0 spiro atoms. The summed E-state index contributed by atoms with van der Waals surface area (Å²) in [5, 5.41) is 19.2. The zero-order valence-electron chi connectivity index (χ0n) is 21.2. The molecule has 3 heteroatoms. The van der Waals surface area contributed by atoms with Gasteiger partial charge in [0.05, 0.1) is 0 Å². The first-order valence-corrected chi connectivity index (χ1v) is 13.2. The molecule has 0 aliphatic heterocycles. The molecule has 0 unspecified atom stereocenters. The molecule has 0 aromatic heterocycles. The smallest absolute Gasteiger partial charge is 0.118 e. The molecule has 0 amide bonds. The molecule has 2 N–H and O–H groups in total. The number of unbranched alkanes of at least 4 members (excludes halogenated alkanes) is 12. The van der Waals surface area contributed by atoms with Crippen molar-refractivity contribution in [1.82, 2.24) is 0 Å². The van der Waals surface area contributed by atoms with Crippen LogP contribution < -0.4 is 0 Å². The fourth-order valence-corrected chi connectivity index (χ4v) is 3.99. The van der Waals surface area contributed by atoms with Crippen LogP contribution in [0.1, 0.15) is 115 Å². The van der Waals surface area contributed by atoms with Crippen molar-refractivity contribution in [3.8, 4) is 11.5 Å². The quantitative estimate of drug-likeness (QED) is 0.164. The summed E-state index contributed by atoms with van der Waals surface area (Å²) in [6, 6.07) is 15.3. The van der Waals surface area contributed by atoms with Crippen LogP contribution in [0.4, 0.5) is 0 Å². The molecule has 33 heavy (non-hydrogen) atoms. The molecule has 0 saturated carbocycles. The second kappa shape index (κ2) is 22.5. The zero-order chi connectivity index (χ0) is 23.3. The molecule has 0 bridgehead atoms. The van der Waals surface area contributed by atoms with Crippen LogP contribution in [0.25, 0.3) is 0 Å². The van der Waals surface area contributed by atoms with Gasteiger partial charge in [0.1, 0.15) is 11.5 Å². The third-order valence-corrected chi connectivity index (χ3v) is 6.08. The van der Waals surface area contributed by atoms with Gasteiger partial charge in [0, 0.05) is 19.5 Å². The van der Waals surface area contributed by atoms with Crippen molar-refractivity contribution in [1.29, 1.82) is 0 Å². The predicted octanol–water partition coefficient (Wildman–Crippen LogP) is 9.37. The molecule has 0 fully saturated rings. The van der Waals surface area contributed by atoms with E-state index in [9.17, 15) is 10.2 Å². The van der Waals surface area contributed by atoms with E-state index in [1.807, 2.05) is 36.4 Å². The molecule has 188 valence electrons. The third-order valence-electron chi connectivity index (χ3n) is 6.08. The minimum Gasteiger partial charge on any atom is -0.508 e. The van der Waals surface area contributed by atoms with Crippen LogP contribution in [0.5, 0.6) is 11.5 Å². The molecule has 0 heterocycles. The van der Waals surface area contributed by atoms with Gasteiger partial charge in [-0.3, -0.25) is 0 Å². The summed E-state index contributed by atoms with van der Waals surface area (Å²) in [6.45, 7) is 4.50. The van der Waals surface area contributed by atoms with Crippen molar-refractivity contribution in [3.05, 3.63) is 59.7 Å². The van der Waals surface area contributed by atoms with Gasteiger partial charge < -0.3 is 10.2 Å². The Kier molecular flexibility index (Phi) is 21.5. The maximum Gasteiger partial charge on any atom is 0.118 e. The van der Waals surface area contributed by atoms with Crippen LogP contribution in [0, 0.1) is 0 Å². The summed E-state index contributed by atoms with van der Waals surface area (Å²) in [6.07, 6.45) is 20.6. The topological polar surface area (TPSA) is 40.5 Å². The number of hydrogen-bond acceptors (Lipinski definition) is 2. The van der Waals surface area contributed by atoms with Gasteiger partial charge >= 0.3 is 0 Å². The van der Waals surface area contributed by atoms with E-state index in [1.165, 1.54) is 89.9 Å². The van der Waals surface area contributed by atoms with E-state index in [0.717, 1.165) is 24.0 Å². The Hall–Kier alpha value is -1.34. The average molecular weight is 542 g/mol. The first-order valence-electron chi connectivity index (χ1n) is 13.2. The third kappa shape index (κ3) is 16.9. The fourth-order valence-electron chi connectivity index (χ4n) is 3.99. The average Bonchev–Trinajstić information content (AvgIpc) is 2.80. The van der Waals surface area contributed by atoms with E-state index in [1.54, 1.807) is 12.1 Å². The SMILES string of the molecule is CCCCCCCCCc1ccccc1O.CCCCCCCCCc1ccccc1O.[Ru]. The Balaban J connectivity index is 0.000000602. The van der Waals surface area contributed by atoms with E-state index < -0.39 is 0 Å². The van der Waals surface area contributed by atoms with E-state index >= 15 is 0 Å². The number of rotatable bonds is 16. The number of hydrogen-bond donors (Lipinski definition) is 2. The minimum atomic E-state index is 0. The molecular formula is C30H48O2Ru. The summed E-state index contributed by atoms with van der Waals surface area (Å²) in [7, 11) is 0. The summed E-state index contributed by atoms with van der Waals surface area (Å²) in [4.78, 5) is 0. The largest absolute Gasteiger partial charge is 0.508 e. The van der Waals surface area contributed by atoms with Crippen LogP contribution in [0.15, 0.2) is 48.5 Å². The molecule has 2 aromatic rings. The molecule has 0 aliphatic carbocycles. The van der Waals surface area contributed by atoms with Crippen molar-refractivity contribution in [3.63, 3.8) is 0 Å². The van der Waals surface area contributed by atoms with Gasteiger partial charge in [-0.15, -0.1) is 0 Å². The maximum atomic E-state index is 9.58. The van der Waals surface area contributed by atoms with E-state index in [4.69, 9.17) is 0 Å². The van der Waals surface area contributed by atoms with Gasteiger partial charge in [-0.1, -0.05) is 127 Å². The Bertz CT molecular complexity index is 627. The Morgan fingerprint density at radius 1 is 0.455 bits per heavy atom. The first-order chi connectivity index (χ1) is 15.7. The predicted molar refractivity (Wildman–Crippen MR) is 140 cm³/mol. The van der Waals surface area contributed by atoms with Crippen LogP contribution >= 0.6 is 0 Å². The van der Waals surface area contributed by atoms with Gasteiger partial charge in [0.25, 0.3) is 0 Å². The van der Waals surface area contributed by atoms with Crippen molar-refractivity contribution in [2.45, 2.75) is 117 Å². The molecule has 2 aromatic carbocycles. The molecule has 2 rings (SSSR count). The normalized spacial score (nSPS) is 10.2. The molecule has 0 aliphatic rings. The number of aryl methyl sites for hydroxylation is 2. The maximum absolute atomic E-state index is 9.58. The van der Waals surface area contributed by atoms with Crippen LogP contribution in [0.2, 0.25) is 0 Å². The van der Waals surface area contributed by atoms with E-state index in [0.29, 0.717) is 11.5 Å². The Labute approximate surface area is 217 Å². The number of aromatic hydroxyl groups is 2. The van der Waals surface area contributed by atoms with Gasteiger partial charge in [0.15, 0.2) is 0 Å². The zero-order valence-corrected chi connectivity index (χ0v) is 22.9.